The van der Waals surface area contributed by atoms with Gasteiger partial charge in [0.1, 0.15) is 11.8 Å². The average Bonchev–Trinajstić information content (AvgIpc) is 3.27. The molecule has 206 valence electrons. The Morgan fingerprint density at radius 1 is 1.00 bits per heavy atom. The van der Waals surface area contributed by atoms with Crippen LogP contribution in [0.25, 0.3) is 0 Å². The Morgan fingerprint density at radius 2 is 1.77 bits per heavy atom. The summed E-state index contributed by atoms with van der Waals surface area (Å²) < 4.78 is 6.00. The molecule has 4 amide bonds. The number of hydrogen-bond donors (Lipinski definition) is 1. The number of piperidine rings is 1. The highest BCUT2D eigenvalue weighted by Crippen LogP contribution is 2.34. The first kappa shape index (κ1) is 27.3. The van der Waals surface area contributed by atoms with E-state index in [2.05, 4.69) is 10.2 Å². The van der Waals surface area contributed by atoms with E-state index in [1.54, 1.807) is 18.2 Å². The van der Waals surface area contributed by atoms with Crippen LogP contribution in [0.4, 0.5) is 5.69 Å². The maximum Gasteiger partial charge on any atom is 0.255 e. The third kappa shape index (κ3) is 5.84. The number of imide groups is 1. The van der Waals surface area contributed by atoms with Crippen molar-refractivity contribution in [3.63, 3.8) is 0 Å². The lowest BCUT2D eigenvalue weighted by Crippen LogP contribution is -2.52. The molecule has 2 aromatic carbocycles. The molecular formula is C28H30Cl2N4O5. The smallest absolute Gasteiger partial charge is 0.255 e. The molecule has 39 heavy (non-hydrogen) atoms. The molecule has 1 unspecified atom stereocenters. The number of nitrogens with one attached hydrogen (secondary N) is 1. The van der Waals surface area contributed by atoms with Crippen LogP contribution in [0.5, 0.6) is 5.75 Å². The quantitative estimate of drug-likeness (QED) is 0.383. The van der Waals surface area contributed by atoms with Crippen molar-refractivity contribution in [1.82, 2.24) is 15.1 Å². The normalized spacial score (nSPS) is 19.3. The first-order valence-electron chi connectivity index (χ1n) is 13.2. The monoisotopic (exact) mass is 572 g/mol. The van der Waals surface area contributed by atoms with Gasteiger partial charge in [-0.3, -0.25) is 24.5 Å². The molecule has 2 aromatic rings. The van der Waals surface area contributed by atoms with Crippen LogP contribution in [0.2, 0.25) is 10.0 Å². The number of amides is 4. The number of piperazine rings is 1. The van der Waals surface area contributed by atoms with Gasteiger partial charge in [-0.1, -0.05) is 35.3 Å². The number of fused-ring (bicyclic) bond motifs is 1. The van der Waals surface area contributed by atoms with E-state index < -0.39 is 11.9 Å². The van der Waals surface area contributed by atoms with Gasteiger partial charge in [-0.15, -0.1) is 0 Å². The van der Waals surface area contributed by atoms with Crippen molar-refractivity contribution in [2.75, 3.05) is 37.7 Å². The van der Waals surface area contributed by atoms with Crippen molar-refractivity contribution < 1.29 is 23.9 Å². The fraction of sp³-hybridized carbons (Fsp3) is 0.429. The van der Waals surface area contributed by atoms with Gasteiger partial charge in [0.05, 0.1) is 28.9 Å². The lowest BCUT2D eigenvalue weighted by Gasteiger charge is -2.36. The Labute approximate surface area is 237 Å². The number of halogens is 2. The fourth-order valence-corrected chi connectivity index (χ4v) is 5.76. The number of benzene rings is 2. The summed E-state index contributed by atoms with van der Waals surface area (Å²) >= 11 is 12.5. The summed E-state index contributed by atoms with van der Waals surface area (Å²) in [5.41, 5.74) is 2.16. The first-order valence-corrected chi connectivity index (χ1v) is 13.9. The number of unbranched alkanes of at least 4 members (excludes halogenated alkanes) is 1. The molecular weight excluding hydrogens is 543 g/mol. The zero-order chi connectivity index (χ0) is 27.5. The van der Waals surface area contributed by atoms with E-state index in [0.717, 1.165) is 11.3 Å². The van der Waals surface area contributed by atoms with E-state index in [1.807, 2.05) is 23.1 Å². The minimum atomic E-state index is -0.661. The molecule has 3 aliphatic heterocycles. The molecule has 1 N–H and O–H groups in total. The third-order valence-electron chi connectivity index (χ3n) is 7.49. The molecule has 2 fully saturated rings. The van der Waals surface area contributed by atoms with Gasteiger partial charge in [0.25, 0.3) is 5.91 Å². The number of carbonyl (C=O) groups is 4. The van der Waals surface area contributed by atoms with Crippen LogP contribution in [0.1, 0.15) is 48.0 Å². The molecule has 3 aliphatic rings. The van der Waals surface area contributed by atoms with Gasteiger partial charge in [-0.25, -0.2) is 0 Å². The van der Waals surface area contributed by atoms with E-state index in [4.69, 9.17) is 27.9 Å². The van der Waals surface area contributed by atoms with Crippen molar-refractivity contribution in [2.45, 2.75) is 44.7 Å². The van der Waals surface area contributed by atoms with E-state index in [9.17, 15) is 19.2 Å². The fourth-order valence-electron chi connectivity index (χ4n) is 5.34. The number of carbonyl (C=O) groups excluding carboxylic acids is 4. The zero-order valence-corrected chi connectivity index (χ0v) is 23.0. The topological polar surface area (TPSA) is 99.3 Å². The van der Waals surface area contributed by atoms with Crippen LogP contribution in [-0.2, 0) is 20.9 Å². The molecule has 0 aliphatic carbocycles. The molecule has 0 bridgehead atoms. The highest BCUT2D eigenvalue weighted by atomic mass is 35.5. The van der Waals surface area contributed by atoms with Gasteiger partial charge in [0, 0.05) is 50.1 Å². The molecule has 0 radical (unpaired) electrons. The number of nitrogens with zero attached hydrogens (tertiary/aromatic N) is 3. The molecule has 0 saturated carbocycles. The van der Waals surface area contributed by atoms with Gasteiger partial charge in [-0.2, -0.15) is 0 Å². The maximum absolute atomic E-state index is 13.0. The van der Waals surface area contributed by atoms with Crippen LogP contribution >= 0.6 is 23.2 Å². The molecule has 2 saturated heterocycles. The lowest BCUT2D eigenvalue weighted by atomic mass is 10.0. The Bertz CT molecular complexity index is 1290. The van der Waals surface area contributed by atoms with Crippen molar-refractivity contribution >= 4 is 52.5 Å². The standard InChI is InChI=1S/C28H30Cl2N4O5/c29-20-6-4-7-21(26(20)30)32-12-14-33(15-13-32)25(36)9-1-2-16-39-23-8-3-5-18-19(23)17-34(28(18)38)22-10-11-24(35)31-27(22)37/h3-8,22H,1-2,9-17H2,(H,31,35,37). The Kier molecular flexibility index (Phi) is 8.28. The number of hydrogen-bond acceptors (Lipinski definition) is 6. The number of ether oxygens (including phenoxy) is 1. The Hall–Kier alpha value is -3.30. The minimum Gasteiger partial charge on any atom is -0.493 e. The largest absolute Gasteiger partial charge is 0.493 e. The Balaban J connectivity index is 1.06. The van der Waals surface area contributed by atoms with E-state index in [-0.39, 0.29) is 30.7 Å². The second kappa shape index (κ2) is 11.8. The zero-order valence-electron chi connectivity index (χ0n) is 21.5. The summed E-state index contributed by atoms with van der Waals surface area (Å²) in [5.74, 6) is -0.245. The predicted molar refractivity (Wildman–Crippen MR) is 147 cm³/mol. The second-order valence-corrected chi connectivity index (χ2v) is 10.7. The third-order valence-corrected chi connectivity index (χ3v) is 8.29. The number of anilines is 1. The molecule has 5 rings (SSSR count). The lowest BCUT2D eigenvalue weighted by molar-refractivity contribution is -0.137. The summed E-state index contributed by atoms with van der Waals surface area (Å²) in [6.07, 6.45) is 2.35. The summed E-state index contributed by atoms with van der Waals surface area (Å²) in [7, 11) is 0. The minimum absolute atomic E-state index is 0.123. The summed E-state index contributed by atoms with van der Waals surface area (Å²) in [6, 6.07) is 10.2. The first-order chi connectivity index (χ1) is 18.8. The average molecular weight is 573 g/mol. The van der Waals surface area contributed by atoms with Gasteiger partial charge in [0.15, 0.2) is 0 Å². The van der Waals surface area contributed by atoms with Gasteiger partial charge >= 0.3 is 0 Å². The van der Waals surface area contributed by atoms with E-state index >= 15 is 0 Å². The van der Waals surface area contributed by atoms with Crippen molar-refractivity contribution in [3.05, 3.63) is 57.6 Å². The van der Waals surface area contributed by atoms with Crippen LogP contribution in [-0.4, -0.2) is 72.3 Å². The maximum atomic E-state index is 13.0. The summed E-state index contributed by atoms with van der Waals surface area (Å²) in [5, 5.41) is 3.38. The molecule has 3 heterocycles. The van der Waals surface area contributed by atoms with E-state index in [1.165, 1.54) is 4.90 Å². The summed E-state index contributed by atoms with van der Waals surface area (Å²) in [4.78, 5) is 55.0. The highest BCUT2D eigenvalue weighted by molar-refractivity contribution is 6.43. The van der Waals surface area contributed by atoms with Crippen LogP contribution in [0.15, 0.2) is 36.4 Å². The van der Waals surface area contributed by atoms with Gasteiger partial charge < -0.3 is 19.4 Å². The molecule has 1 atom stereocenters. The van der Waals surface area contributed by atoms with Crippen LogP contribution in [0, 0.1) is 0 Å². The van der Waals surface area contributed by atoms with Crippen molar-refractivity contribution in [3.8, 4) is 5.75 Å². The van der Waals surface area contributed by atoms with E-state index in [0.29, 0.717) is 79.8 Å². The van der Waals surface area contributed by atoms with Gasteiger partial charge in [-0.05, 0) is 43.5 Å². The Morgan fingerprint density at radius 3 is 2.54 bits per heavy atom. The van der Waals surface area contributed by atoms with Crippen LogP contribution in [0.3, 0.4) is 0 Å². The van der Waals surface area contributed by atoms with Gasteiger partial charge in [0.2, 0.25) is 17.7 Å². The van der Waals surface area contributed by atoms with Crippen molar-refractivity contribution in [1.29, 1.82) is 0 Å². The molecule has 9 nitrogen and oxygen atoms in total. The molecule has 0 aromatic heterocycles. The second-order valence-electron chi connectivity index (χ2n) is 9.93. The predicted octanol–water partition coefficient (Wildman–Crippen LogP) is 3.65. The highest BCUT2D eigenvalue weighted by Gasteiger charge is 2.40. The van der Waals surface area contributed by atoms with Crippen LogP contribution < -0.4 is 15.0 Å². The molecule has 0 spiro atoms. The summed E-state index contributed by atoms with van der Waals surface area (Å²) in [6.45, 7) is 3.34. The van der Waals surface area contributed by atoms with Crippen molar-refractivity contribution in [2.24, 2.45) is 0 Å². The SMILES string of the molecule is O=C1CCC(N2Cc3c(OCCCCC(=O)N4CCN(c5cccc(Cl)c5Cl)CC4)cccc3C2=O)C(=O)N1. The number of rotatable bonds is 8. The molecule has 11 heteroatoms.